The summed E-state index contributed by atoms with van der Waals surface area (Å²) in [5.41, 5.74) is 6.86. The number of hydrogen-bond acceptors (Lipinski definition) is 3. The minimum atomic E-state index is 0.195. The standard InChI is InChI=1S/C24H26N2O/c1-4-6-22-23(20-7-5-12-25-15-20)16-26-24(22)11-10-21(27)14-19-9-8-17(2)13-18(19)3/h4-5,7-9,12-13,15-16,22H,1,6,10-11,14H2,2-3H3. The average Bonchev–Trinajstić information content (AvgIpc) is 3.06. The number of aromatic nitrogens is 1. The van der Waals surface area contributed by atoms with Gasteiger partial charge in [-0.05, 0) is 55.0 Å². The first-order valence-electron chi connectivity index (χ1n) is 9.44. The molecule has 0 amide bonds. The van der Waals surface area contributed by atoms with E-state index in [1.54, 1.807) is 6.20 Å². The summed E-state index contributed by atoms with van der Waals surface area (Å²) in [5.74, 6) is 0.456. The number of hydrogen-bond donors (Lipinski definition) is 0. The van der Waals surface area contributed by atoms with E-state index in [1.807, 2.05) is 24.5 Å². The second kappa shape index (κ2) is 8.72. The molecule has 0 radical (unpaired) electrons. The summed E-state index contributed by atoms with van der Waals surface area (Å²) in [6.45, 7) is 8.03. The zero-order valence-corrected chi connectivity index (χ0v) is 16.1. The molecule has 3 nitrogen and oxygen atoms in total. The van der Waals surface area contributed by atoms with Crippen LogP contribution in [0.5, 0.6) is 0 Å². The van der Waals surface area contributed by atoms with Gasteiger partial charge in [-0.25, -0.2) is 0 Å². The van der Waals surface area contributed by atoms with Crippen LogP contribution in [0.15, 0.2) is 66.6 Å². The van der Waals surface area contributed by atoms with Gasteiger partial charge in [0.1, 0.15) is 5.78 Å². The monoisotopic (exact) mass is 358 g/mol. The fourth-order valence-electron chi connectivity index (χ4n) is 3.60. The van der Waals surface area contributed by atoms with Gasteiger partial charge in [-0.1, -0.05) is 35.9 Å². The highest BCUT2D eigenvalue weighted by atomic mass is 16.1. The number of rotatable bonds is 8. The zero-order chi connectivity index (χ0) is 19.2. The third-order valence-electron chi connectivity index (χ3n) is 5.09. The van der Waals surface area contributed by atoms with E-state index >= 15 is 0 Å². The maximum atomic E-state index is 12.5. The van der Waals surface area contributed by atoms with E-state index in [4.69, 9.17) is 0 Å². The molecule has 27 heavy (non-hydrogen) atoms. The molecular formula is C24H26N2O. The minimum absolute atomic E-state index is 0.195. The third kappa shape index (κ3) is 4.68. The largest absolute Gasteiger partial charge is 0.299 e. The van der Waals surface area contributed by atoms with Crippen LogP contribution >= 0.6 is 0 Å². The lowest BCUT2D eigenvalue weighted by Gasteiger charge is -2.16. The number of aliphatic imine (C=N–C) groups is 1. The van der Waals surface area contributed by atoms with Gasteiger partial charge in [0, 0.05) is 43.1 Å². The molecule has 3 rings (SSSR count). The highest BCUT2D eigenvalue weighted by Crippen LogP contribution is 2.33. The maximum Gasteiger partial charge on any atom is 0.137 e. The molecule has 2 aromatic rings. The van der Waals surface area contributed by atoms with E-state index in [2.05, 4.69) is 54.7 Å². The molecule has 1 unspecified atom stereocenters. The van der Waals surface area contributed by atoms with Crippen LogP contribution in [0, 0.1) is 19.8 Å². The van der Waals surface area contributed by atoms with Crippen LogP contribution in [0.3, 0.4) is 0 Å². The second-order valence-corrected chi connectivity index (χ2v) is 7.17. The first-order chi connectivity index (χ1) is 13.1. The number of nitrogens with zero attached hydrogens (tertiary/aromatic N) is 2. The molecule has 138 valence electrons. The molecule has 1 aliphatic heterocycles. The van der Waals surface area contributed by atoms with Crippen molar-refractivity contribution < 1.29 is 4.79 Å². The smallest absolute Gasteiger partial charge is 0.137 e. The molecule has 0 fully saturated rings. The molecule has 0 spiro atoms. The summed E-state index contributed by atoms with van der Waals surface area (Å²) < 4.78 is 0. The van der Waals surface area contributed by atoms with Gasteiger partial charge < -0.3 is 0 Å². The van der Waals surface area contributed by atoms with Crippen LogP contribution in [-0.2, 0) is 11.2 Å². The van der Waals surface area contributed by atoms with Gasteiger partial charge in [-0.3, -0.25) is 14.8 Å². The van der Waals surface area contributed by atoms with Crippen LogP contribution in [0.25, 0.3) is 5.57 Å². The van der Waals surface area contributed by atoms with Gasteiger partial charge in [-0.2, -0.15) is 0 Å². The predicted octanol–water partition coefficient (Wildman–Crippen LogP) is 5.28. The fourth-order valence-corrected chi connectivity index (χ4v) is 3.60. The first-order valence-corrected chi connectivity index (χ1v) is 9.44. The Balaban J connectivity index is 1.62. The molecular weight excluding hydrogens is 332 g/mol. The number of Topliss-reactive ketones (excluding diaryl/α,β-unsaturated/α-hetero) is 1. The van der Waals surface area contributed by atoms with Crippen molar-refractivity contribution in [2.24, 2.45) is 10.9 Å². The van der Waals surface area contributed by atoms with Gasteiger partial charge in [0.2, 0.25) is 0 Å². The van der Waals surface area contributed by atoms with Crippen LogP contribution in [-0.4, -0.2) is 16.5 Å². The van der Waals surface area contributed by atoms with Crippen molar-refractivity contribution in [3.05, 3.63) is 83.8 Å². The topological polar surface area (TPSA) is 42.3 Å². The van der Waals surface area contributed by atoms with Crippen molar-refractivity contribution in [3.8, 4) is 0 Å². The van der Waals surface area contributed by atoms with E-state index in [-0.39, 0.29) is 11.7 Å². The minimum Gasteiger partial charge on any atom is -0.299 e. The summed E-state index contributed by atoms with van der Waals surface area (Å²) in [5, 5.41) is 0. The van der Waals surface area contributed by atoms with Crippen molar-refractivity contribution in [3.63, 3.8) is 0 Å². The molecule has 0 N–H and O–H groups in total. The summed E-state index contributed by atoms with van der Waals surface area (Å²) in [6.07, 6.45) is 10.0. The van der Waals surface area contributed by atoms with E-state index in [1.165, 1.54) is 16.7 Å². The Morgan fingerprint density at radius 1 is 1.26 bits per heavy atom. The Bertz CT molecular complexity index is 894. The van der Waals surface area contributed by atoms with E-state index in [0.29, 0.717) is 19.3 Å². The Morgan fingerprint density at radius 2 is 2.11 bits per heavy atom. The van der Waals surface area contributed by atoms with Crippen LogP contribution < -0.4 is 0 Å². The number of benzene rings is 1. The lowest BCUT2D eigenvalue weighted by Crippen LogP contribution is -2.15. The molecule has 1 atom stereocenters. The molecule has 0 saturated heterocycles. The molecule has 1 aromatic carbocycles. The molecule has 0 bridgehead atoms. The lowest BCUT2D eigenvalue weighted by molar-refractivity contribution is -0.118. The van der Waals surface area contributed by atoms with Crippen molar-refractivity contribution in [2.75, 3.05) is 0 Å². The summed E-state index contributed by atoms with van der Waals surface area (Å²) in [4.78, 5) is 21.4. The van der Waals surface area contributed by atoms with Crippen LogP contribution in [0.2, 0.25) is 0 Å². The zero-order valence-electron chi connectivity index (χ0n) is 16.1. The summed E-state index contributed by atoms with van der Waals surface area (Å²) >= 11 is 0. The van der Waals surface area contributed by atoms with Crippen molar-refractivity contribution in [2.45, 2.75) is 39.5 Å². The quantitative estimate of drug-likeness (QED) is 0.603. The number of allylic oxidation sites excluding steroid dienone is 2. The van der Waals surface area contributed by atoms with E-state index in [9.17, 15) is 4.79 Å². The molecule has 3 heteroatoms. The Kier molecular flexibility index (Phi) is 6.12. The number of ketones is 1. The highest BCUT2D eigenvalue weighted by Gasteiger charge is 2.25. The van der Waals surface area contributed by atoms with Crippen LogP contribution in [0.4, 0.5) is 0 Å². The molecule has 0 saturated carbocycles. The van der Waals surface area contributed by atoms with Gasteiger partial charge in [0.25, 0.3) is 0 Å². The second-order valence-electron chi connectivity index (χ2n) is 7.17. The first kappa shape index (κ1) is 19.0. The predicted molar refractivity (Wildman–Crippen MR) is 112 cm³/mol. The highest BCUT2D eigenvalue weighted by molar-refractivity contribution is 6.02. The van der Waals surface area contributed by atoms with E-state index in [0.717, 1.165) is 23.3 Å². The molecule has 2 heterocycles. The molecule has 0 aliphatic carbocycles. The van der Waals surface area contributed by atoms with Crippen molar-refractivity contribution in [1.82, 2.24) is 4.98 Å². The molecule has 1 aliphatic rings. The lowest BCUT2D eigenvalue weighted by atomic mass is 9.86. The fraction of sp³-hybridized carbons (Fsp3) is 0.292. The number of carbonyl (C=O) groups excluding carboxylic acids is 1. The van der Waals surface area contributed by atoms with Crippen molar-refractivity contribution >= 4 is 17.1 Å². The van der Waals surface area contributed by atoms with Crippen LogP contribution in [0.1, 0.15) is 41.5 Å². The van der Waals surface area contributed by atoms with E-state index < -0.39 is 0 Å². The Labute approximate surface area is 161 Å². The van der Waals surface area contributed by atoms with Crippen molar-refractivity contribution in [1.29, 1.82) is 0 Å². The number of carbonyl (C=O) groups is 1. The SMILES string of the molecule is C=CCC1C(c2cccnc2)=CN=C1CCC(=O)Cc1ccc(C)cc1C. The normalized spacial score (nSPS) is 16.0. The Hall–Kier alpha value is -2.81. The summed E-state index contributed by atoms with van der Waals surface area (Å²) in [7, 11) is 0. The number of pyridine rings is 1. The van der Waals surface area contributed by atoms with Gasteiger partial charge in [0.05, 0.1) is 0 Å². The van der Waals surface area contributed by atoms with Gasteiger partial charge in [-0.15, -0.1) is 6.58 Å². The maximum absolute atomic E-state index is 12.5. The number of aryl methyl sites for hydroxylation is 2. The third-order valence-corrected chi connectivity index (χ3v) is 5.09. The summed E-state index contributed by atoms with van der Waals surface area (Å²) in [6, 6.07) is 10.3. The van der Waals surface area contributed by atoms with Gasteiger partial charge >= 0.3 is 0 Å². The Morgan fingerprint density at radius 3 is 2.81 bits per heavy atom. The average molecular weight is 358 g/mol. The molecule has 1 aromatic heterocycles. The van der Waals surface area contributed by atoms with Gasteiger partial charge in [0.15, 0.2) is 0 Å².